The fourth-order valence-corrected chi connectivity index (χ4v) is 6.41. The van der Waals surface area contributed by atoms with Crippen molar-refractivity contribution in [2.75, 3.05) is 40.9 Å². The first-order valence-corrected chi connectivity index (χ1v) is 22.3. The summed E-state index contributed by atoms with van der Waals surface area (Å²) in [5.41, 5.74) is 0. The monoisotopic (exact) mass is 741 g/mol. The Hall–Kier alpha value is -1.28. The van der Waals surface area contributed by atoms with Crippen molar-refractivity contribution in [1.29, 1.82) is 0 Å². The lowest BCUT2D eigenvalue weighted by Crippen LogP contribution is -2.45. The minimum Gasteiger partial charge on any atom is -0.756 e. The first kappa shape index (κ1) is 49.7. The van der Waals surface area contributed by atoms with Gasteiger partial charge in [-0.25, -0.2) is 0 Å². The SMILES string of the molecule is CCCCCCCCCCCCCCCCCCC/C=C/CC/C=C/CC/C=C/C(O)C(COP(=O)([O-])OCC[N+](C)(C)C)NC(=O)CCCC. The van der Waals surface area contributed by atoms with E-state index in [9.17, 15) is 19.4 Å². The molecule has 3 atom stereocenters. The number of allylic oxidation sites excluding steroid dienone is 5. The molecule has 0 aromatic carbocycles. The number of nitrogens with one attached hydrogen (secondary N) is 1. The fourth-order valence-electron chi connectivity index (χ4n) is 5.69. The van der Waals surface area contributed by atoms with Crippen LogP contribution < -0.4 is 10.2 Å². The van der Waals surface area contributed by atoms with Gasteiger partial charge in [-0.2, -0.15) is 0 Å². The van der Waals surface area contributed by atoms with E-state index in [-0.39, 0.29) is 12.5 Å². The van der Waals surface area contributed by atoms with Gasteiger partial charge >= 0.3 is 0 Å². The van der Waals surface area contributed by atoms with Crippen LogP contribution >= 0.6 is 7.82 Å². The number of amides is 1. The van der Waals surface area contributed by atoms with Crippen molar-refractivity contribution < 1.29 is 32.9 Å². The lowest BCUT2D eigenvalue weighted by Gasteiger charge is -2.29. The second-order valence-corrected chi connectivity index (χ2v) is 16.7. The molecule has 8 nitrogen and oxygen atoms in total. The first-order chi connectivity index (χ1) is 24.5. The number of unbranched alkanes of at least 4 members (excludes halogenated alkanes) is 20. The Labute approximate surface area is 315 Å². The molecule has 2 N–H and O–H groups in total. The average molecular weight is 741 g/mol. The molecule has 9 heteroatoms. The Morgan fingerprint density at radius 2 is 1.10 bits per heavy atom. The van der Waals surface area contributed by atoms with E-state index in [4.69, 9.17) is 9.05 Å². The lowest BCUT2D eigenvalue weighted by molar-refractivity contribution is -0.870. The Morgan fingerprint density at radius 1 is 0.667 bits per heavy atom. The minimum atomic E-state index is -4.57. The molecule has 0 aromatic rings. The molecule has 0 fully saturated rings. The van der Waals surface area contributed by atoms with Gasteiger partial charge < -0.3 is 28.8 Å². The zero-order chi connectivity index (χ0) is 37.9. The Balaban J connectivity index is 4.01. The molecular weight excluding hydrogens is 659 g/mol. The molecule has 0 spiro atoms. The Kier molecular flexibility index (Phi) is 33.6. The van der Waals surface area contributed by atoms with E-state index >= 15 is 0 Å². The third kappa shape index (κ3) is 36.9. The second kappa shape index (κ2) is 34.5. The number of carbonyl (C=O) groups is 1. The number of aliphatic hydroxyl groups is 1. The molecule has 0 aromatic heterocycles. The molecule has 0 radical (unpaired) electrons. The van der Waals surface area contributed by atoms with Crippen molar-refractivity contribution >= 4 is 13.7 Å². The van der Waals surface area contributed by atoms with Gasteiger partial charge in [0.2, 0.25) is 5.91 Å². The molecule has 0 saturated carbocycles. The van der Waals surface area contributed by atoms with Crippen molar-refractivity contribution in [1.82, 2.24) is 5.32 Å². The van der Waals surface area contributed by atoms with Crippen LogP contribution in [0.25, 0.3) is 0 Å². The predicted octanol–water partition coefficient (Wildman–Crippen LogP) is 10.5. The van der Waals surface area contributed by atoms with Crippen LogP contribution in [0.4, 0.5) is 0 Å². The van der Waals surface area contributed by atoms with Gasteiger partial charge in [-0.1, -0.05) is 159 Å². The number of phosphoric ester groups is 1. The molecule has 1 amide bonds. The van der Waals surface area contributed by atoms with E-state index in [1.807, 2.05) is 34.1 Å². The second-order valence-electron chi connectivity index (χ2n) is 15.3. The maximum Gasteiger partial charge on any atom is 0.268 e. The zero-order valence-electron chi connectivity index (χ0n) is 33.8. The summed E-state index contributed by atoms with van der Waals surface area (Å²) >= 11 is 0. The highest BCUT2D eigenvalue weighted by atomic mass is 31.2. The molecule has 3 unspecified atom stereocenters. The predicted molar refractivity (Wildman–Crippen MR) is 215 cm³/mol. The zero-order valence-corrected chi connectivity index (χ0v) is 34.7. The van der Waals surface area contributed by atoms with E-state index < -0.39 is 26.6 Å². The molecule has 0 rings (SSSR count). The number of phosphoric acid groups is 1. The number of likely N-dealkylation sites (N-methyl/N-ethyl adjacent to an activating group) is 1. The van der Waals surface area contributed by atoms with Crippen molar-refractivity contribution in [2.24, 2.45) is 0 Å². The smallest absolute Gasteiger partial charge is 0.268 e. The van der Waals surface area contributed by atoms with Crippen LogP contribution in [-0.4, -0.2) is 68.5 Å². The average Bonchev–Trinajstić information content (AvgIpc) is 3.08. The summed E-state index contributed by atoms with van der Waals surface area (Å²) in [6.45, 7) is 4.35. The molecule has 0 aliphatic rings. The highest BCUT2D eigenvalue weighted by molar-refractivity contribution is 7.45. The van der Waals surface area contributed by atoms with Gasteiger partial charge in [-0.15, -0.1) is 0 Å². The third-order valence-electron chi connectivity index (χ3n) is 9.08. The molecule has 300 valence electrons. The standard InChI is InChI=1S/C42H81N2O6P/c1-6-8-10-11-12-13-14-15-16-17-18-19-20-21-22-23-24-25-26-27-28-29-30-31-32-33-34-35-41(45)40(43-42(46)36-9-7-2)39-50-51(47,48)49-38-37-44(3,4)5/h26-27,30-31,34-35,40-41,45H,6-25,28-29,32-33,36-39H2,1-5H3,(H-,43,46,47,48)/b27-26+,31-30+,35-34+. The summed E-state index contributed by atoms with van der Waals surface area (Å²) in [6.07, 6.45) is 41.9. The molecule has 0 aliphatic carbocycles. The molecule has 0 aliphatic heterocycles. The van der Waals surface area contributed by atoms with Crippen molar-refractivity contribution in [3.63, 3.8) is 0 Å². The molecule has 51 heavy (non-hydrogen) atoms. The van der Waals surface area contributed by atoms with E-state index in [0.29, 0.717) is 23.9 Å². The van der Waals surface area contributed by atoms with Gasteiger partial charge in [-0.05, 0) is 44.9 Å². The number of aliphatic hydroxyl groups excluding tert-OH is 1. The maximum atomic E-state index is 12.3. The van der Waals surface area contributed by atoms with Crippen LogP contribution in [0.1, 0.15) is 174 Å². The number of quaternary nitrogens is 1. The van der Waals surface area contributed by atoms with E-state index in [1.54, 1.807) is 6.08 Å². The van der Waals surface area contributed by atoms with Gasteiger partial charge in [-0.3, -0.25) is 9.36 Å². The van der Waals surface area contributed by atoms with Crippen LogP contribution in [0.5, 0.6) is 0 Å². The summed E-state index contributed by atoms with van der Waals surface area (Å²) in [7, 11) is 1.23. The normalized spacial score (nSPS) is 14.9. The van der Waals surface area contributed by atoms with Gasteiger partial charge in [0, 0.05) is 6.42 Å². The fraction of sp³-hybridized carbons (Fsp3) is 0.833. The highest BCUT2D eigenvalue weighted by Crippen LogP contribution is 2.38. The minimum absolute atomic E-state index is 0.0102. The van der Waals surface area contributed by atoms with Crippen LogP contribution in [0, 0.1) is 0 Å². The highest BCUT2D eigenvalue weighted by Gasteiger charge is 2.23. The van der Waals surface area contributed by atoms with Crippen LogP contribution in [0.15, 0.2) is 36.5 Å². The largest absolute Gasteiger partial charge is 0.756 e. The van der Waals surface area contributed by atoms with Crippen LogP contribution in [0.3, 0.4) is 0 Å². The van der Waals surface area contributed by atoms with Gasteiger partial charge in [0.25, 0.3) is 7.82 Å². The summed E-state index contributed by atoms with van der Waals surface area (Å²) in [4.78, 5) is 24.6. The van der Waals surface area contributed by atoms with Crippen LogP contribution in [-0.2, 0) is 18.4 Å². The molecular formula is C42H81N2O6P. The number of carbonyl (C=O) groups excluding carboxylic acids is 1. The number of hydrogen-bond donors (Lipinski definition) is 2. The van der Waals surface area contributed by atoms with E-state index in [0.717, 1.165) is 32.1 Å². The Bertz CT molecular complexity index is 933. The molecule has 0 bridgehead atoms. The Morgan fingerprint density at radius 3 is 1.57 bits per heavy atom. The quantitative estimate of drug-likeness (QED) is 0.0284. The maximum absolute atomic E-state index is 12.3. The van der Waals surface area contributed by atoms with Crippen molar-refractivity contribution in [3.8, 4) is 0 Å². The first-order valence-electron chi connectivity index (χ1n) is 20.9. The molecule has 0 heterocycles. The van der Waals surface area contributed by atoms with Crippen LogP contribution in [0.2, 0.25) is 0 Å². The van der Waals surface area contributed by atoms with E-state index in [2.05, 4.69) is 36.5 Å². The van der Waals surface area contributed by atoms with Gasteiger partial charge in [0.15, 0.2) is 0 Å². The number of nitrogens with zero attached hydrogens (tertiary/aromatic N) is 1. The summed E-state index contributed by atoms with van der Waals surface area (Å²) in [6, 6.07) is -0.902. The lowest BCUT2D eigenvalue weighted by atomic mass is 10.0. The van der Waals surface area contributed by atoms with Gasteiger partial charge in [0.05, 0.1) is 39.9 Å². The number of rotatable bonds is 37. The van der Waals surface area contributed by atoms with Gasteiger partial charge in [0.1, 0.15) is 13.2 Å². The van der Waals surface area contributed by atoms with E-state index in [1.165, 1.54) is 116 Å². The van der Waals surface area contributed by atoms with Crippen molar-refractivity contribution in [2.45, 2.75) is 187 Å². The summed E-state index contributed by atoms with van der Waals surface area (Å²) in [5.74, 6) is -0.248. The molecule has 0 saturated heterocycles. The van der Waals surface area contributed by atoms with Crippen molar-refractivity contribution in [3.05, 3.63) is 36.5 Å². The summed E-state index contributed by atoms with van der Waals surface area (Å²) in [5, 5.41) is 13.4. The topological polar surface area (TPSA) is 108 Å². The summed E-state index contributed by atoms with van der Waals surface area (Å²) < 4.78 is 22.8. The number of hydrogen-bond acceptors (Lipinski definition) is 6. The third-order valence-corrected chi connectivity index (χ3v) is 10.0.